The van der Waals surface area contributed by atoms with Crippen LogP contribution in [0.5, 0.6) is 0 Å². The van der Waals surface area contributed by atoms with E-state index in [9.17, 15) is 4.79 Å². The molecule has 2 saturated carbocycles. The van der Waals surface area contributed by atoms with E-state index in [1.165, 1.54) is 19.3 Å². The molecule has 0 aliphatic heterocycles. The van der Waals surface area contributed by atoms with Gasteiger partial charge in [-0.2, -0.15) is 0 Å². The van der Waals surface area contributed by atoms with Crippen LogP contribution in [0.4, 0.5) is 0 Å². The van der Waals surface area contributed by atoms with Crippen molar-refractivity contribution < 1.29 is 4.79 Å². The SMILES string of the molecule is CC(C)CCN(C1CC1)C1CCC(N)(C(N)=O)C1. The van der Waals surface area contributed by atoms with Gasteiger partial charge < -0.3 is 11.5 Å². The smallest absolute Gasteiger partial charge is 0.237 e. The molecule has 0 aromatic rings. The molecule has 0 bridgehead atoms. The molecule has 2 aliphatic carbocycles. The van der Waals surface area contributed by atoms with Crippen molar-refractivity contribution in [3.05, 3.63) is 0 Å². The molecule has 0 saturated heterocycles. The lowest BCUT2D eigenvalue weighted by molar-refractivity contribution is -0.123. The number of amides is 1. The molecule has 0 spiro atoms. The highest BCUT2D eigenvalue weighted by atomic mass is 16.1. The van der Waals surface area contributed by atoms with E-state index in [4.69, 9.17) is 11.5 Å². The third kappa shape index (κ3) is 3.04. The van der Waals surface area contributed by atoms with Crippen LogP contribution in [0.15, 0.2) is 0 Å². The topological polar surface area (TPSA) is 72.3 Å². The molecule has 18 heavy (non-hydrogen) atoms. The molecule has 2 atom stereocenters. The predicted octanol–water partition coefficient (Wildman–Crippen LogP) is 1.23. The third-order valence-electron chi connectivity index (χ3n) is 4.46. The molecule has 0 radical (unpaired) electrons. The Morgan fingerprint density at radius 1 is 1.33 bits per heavy atom. The molecule has 2 rings (SSSR count). The van der Waals surface area contributed by atoms with Gasteiger partial charge in [0.2, 0.25) is 5.91 Å². The molecular weight excluding hydrogens is 226 g/mol. The lowest BCUT2D eigenvalue weighted by Gasteiger charge is -2.30. The van der Waals surface area contributed by atoms with E-state index in [1.54, 1.807) is 0 Å². The fraction of sp³-hybridized carbons (Fsp3) is 0.929. The Hall–Kier alpha value is -0.610. The number of carbonyl (C=O) groups is 1. The Labute approximate surface area is 110 Å². The van der Waals surface area contributed by atoms with Crippen LogP contribution in [-0.4, -0.2) is 35.0 Å². The Balaban J connectivity index is 1.94. The zero-order valence-electron chi connectivity index (χ0n) is 11.7. The summed E-state index contributed by atoms with van der Waals surface area (Å²) in [5.74, 6) is 0.399. The largest absolute Gasteiger partial charge is 0.368 e. The summed E-state index contributed by atoms with van der Waals surface area (Å²) in [7, 11) is 0. The first kappa shape index (κ1) is 13.8. The second kappa shape index (κ2) is 5.17. The summed E-state index contributed by atoms with van der Waals surface area (Å²) >= 11 is 0. The molecule has 0 aromatic carbocycles. The van der Waals surface area contributed by atoms with Crippen LogP contribution in [0.2, 0.25) is 0 Å². The normalized spacial score (nSPS) is 32.4. The summed E-state index contributed by atoms with van der Waals surface area (Å²) in [4.78, 5) is 14.0. The minimum Gasteiger partial charge on any atom is -0.368 e. The van der Waals surface area contributed by atoms with E-state index in [0.29, 0.717) is 6.04 Å². The lowest BCUT2D eigenvalue weighted by atomic mass is 9.98. The number of hydrogen-bond donors (Lipinski definition) is 2. The fourth-order valence-electron chi connectivity index (χ4n) is 3.03. The third-order valence-corrected chi connectivity index (χ3v) is 4.46. The van der Waals surface area contributed by atoms with Crippen molar-refractivity contribution in [3.8, 4) is 0 Å². The van der Waals surface area contributed by atoms with Crippen LogP contribution in [-0.2, 0) is 4.79 Å². The van der Waals surface area contributed by atoms with Gasteiger partial charge in [-0.15, -0.1) is 0 Å². The maximum Gasteiger partial charge on any atom is 0.237 e. The number of hydrogen-bond acceptors (Lipinski definition) is 3. The quantitative estimate of drug-likeness (QED) is 0.748. The Morgan fingerprint density at radius 3 is 2.44 bits per heavy atom. The maximum atomic E-state index is 11.4. The zero-order chi connectivity index (χ0) is 13.3. The van der Waals surface area contributed by atoms with Gasteiger partial charge in [-0.25, -0.2) is 0 Å². The summed E-state index contributed by atoms with van der Waals surface area (Å²) < 4.78 is 0. The van der Waals surface area contributed by atoms with Crippen LogP contribution in [0.25, 0.3) is 0 Å². The Bertz CT molecular complexity index is 314. The minimum absolute atomic E-state index is 0.329. The molecule has 0 heterocycles. The van der Waals surface area contributed by atoms with Crippen molar-refractivity contribution in [2.24, 2.45) is 17.4 Å². The van der Waals surface area contributed by atoms with Gasteiger partial charge in [-0.1, -0.05) is 13.8 Å². The molecule has 0 aromatic heterocycles. The van der Waals surface area contributed by atoms with Gasteiger partial charge in [0, 0.05) is 12.1 Å². The molecule has 2 unspecified atom stereocenters. The molecule has 4 nitrogen and oxygen atoms in total. The first-order valence-electron chi connectivity index (χ1n) is 7.27. The van der Waals surface area contributed by atoms with Gasteiger partial charge >= 0.3 is 0 Å². The average molecular weight is 253 g/mol. The van der Waals surface area contributed by atoms with Crippen molar-refractivity contribution in [2.75, 3.05) is 6.54 Å². The van der Waals surface area contributed by atoms with E-state index in [2.05, 4.69) is 18.7 Å². The van der Waals surface area contributed by atoms with Gasteiger partial charge in [0.25, 0.3) is 0 Å². The highest BCUT2D eigenvalue weighted by Gasteiger charge is 2.45. The lowest BCUT2D eigenvalue weighted by Crippen LogP contribution is -2.51. The van der Waals surface area contributed by atoms with Crippen molar-refractivity contribution in [1.29, 1.82) is 0 Å². The van der Waals surface area contributed by atoms with E-state index in [-0.39, 0.29) is 5.91 Å². The van der Waals surface area contributed by atoms with E-state index in [0.717, 1.165) is 37.8 Å². The van der Waals surface area contributed by atoms with Gasteiger partial charge in [0.1, 0.15) is 0 Å². The van der Waals surface area contributed by atoms with Gasteiger partial charge in [0.15, 0.2) is 0 Å². The van der Waals surface area contributed by atoms with Crippen LogP contribution < -0.4 is 11.5 Å². The minimum atomic E-state index is -0.754. The van der Waals surface area contributed by atoms with Crippen molar-refractivity contribution >= 4 is 5.91 Å². The van der Waals surface area contributed by atoms with Gasteiger partial charge in [-0.05, 0) is 51.0 Å². The van der Waals surface area contributed by atoms with E-state index < -0.39 is 5.54 Å². The summed E-state index contributed by atoms with van der Waals surface area (Å²) in [6.07, 6.45) is 6.36. The van der Waals surface area contributed by atoms with Crippen molar-refractivity contribution in [2.45, 2.75) is 70.0 Å². The molecule has 4 heteroatoms. The summed E-state index contributed by atoms with van der Waals surface area (Å²) in [6.45, 7) is 5.66. The van der Waals surface area contributed by atoms with Crippen molar-refractivity contribution in [1.82, 2.24) is 4.90 Å². The van der Waals surface area contributed by atoms with Gasteiger partial charge in [-0.3, -0.25) is 9.69 Å². The standard InChI is InChI=1S/C14H27N3O/c1-10(2)6-8-17(11-3-4-11)12-5-7-14(16,9-12)13(15)18/h10-12H,3-9,16H2,1-2H3,(H2,15,18). The Morgan fingerprint density at radius 2 is 2.00 bits per heavy atom. The Kier molecular flexibility index (Phi) is 3.97. The number of carbonyl (C=O) groups excluding carboxylic acids is 1. The first-order chi connectivity index (χ1) is 8.42. The number of primary amides is 1. The highest BCUT2D eigenvalue weighted by Crippen LogP contribution is 2.37. The first-order valence-corrected chi connectivity index (χ1v) is 7.27. The zero-order valence-corrected chi connectivity index (χ0v) is 11.7. The molecule has 104 valence electrons. The molecule has 1 amide bonds. The molecular formula is C14H27N3O. The fourth-order valence-corrected chi connectivity index (χ4v) is 3.03. The molecule has 2 aliphatic rings. The summed E-state index contributed by atoms with van der Waals surface area (Å²) in [5, 5.41) is 0. The monoisotopic (exact) mass is 253 g/mol. The van der Waals surface area contributed by atoms with Crippen LogP contribution in [0.1, 0.15) is 52.4 Å². The number of nitrogens with zero attached hydrogens (tertiary/aromatic N) is 1. The number of rotatable bonds is 6. The van der Waals surface area contributed by atoms with Crippen LogP contribution >= 0.6 is 0 Å². The second-order valence-corrected chi connectivity index (χ2v) is 6.57. The maximum absolute atomic E-state index is 11.4. The van der Waals surface area contributed by atoms with E-state index in [1.807, 2.05) is 0 Å². The summed E-state index contributed by atoms with van der Waals surface area (Å²) in [5.41, 5.74) is 10.8. The van der Waals surface area contributed by atoms with Crippen LogP contribution in [0, 0.1) is 5.92 Å². The van der Waals surface area contributed by atoms with Gasteiger partial charge in [0.05, 0.1) is 5.54 Å². The average Bonchev–Trinajstić information content (AvgIpc) is 3.02. The molecule has 2 fully saturated rings. The highest BCUT2D eigenvalue weighted by molar-refractivity contribution is 5.84. The second-order valence-electron chi connectivity index (χ2n) is 6.57. The van der Waals surface area contributed by atoms with Crippen molar-refractivity contribution in [3.63, 3.8) is 0 Å². The van der Waals surface area contributed by atoms with Crippen LogP contribution in [0.3, 0.4) is 0 Å². The van der Waals surface area contributed by atoms with E-state index >= 15 is 0 Å². The molecule has 4 N–H and O–H groups in total. The number of nitrogens with two attached hydrogens (primary N) is 2. The predicted molar refractivity (Wildman–Crippen MR) is 72.9 cm³/mol. The summed E-state index contributed by atoms with van der Waals surface area (Å²) in [6, 6.07) is 1.21.